The van der Waals surface area contributed by atoms with E-state index in [1.807, 2.05) is 0 Å². The minimum atomic E-state index is -0.709. The molecule has 1 saturated heterocycles. The standard InChI is InChI=1S/C10H13NO4/c12-5-9-7(13)4-8(15-9)6-2-1-3-11-10(6)14/h1-3,7-9,12-13H,4-5H2,(H,11,14)/t7-,8+,9+/m0/s1. The largest absolute Gasteiger partial charge is 0.394 e. The molecule has 3 N–H and O–H groups in total. The lowest BCUT2D eigenvalue weighted by Crippen LogP contribution is -2.24. The van der Waals surface area contributed by atoms with Gasteiger partial charge in [0, 0.05) is 18.2 Å². The summed E-state index contributed by atoms with van der Waals surface area (Å²) in [5, 5.41) is 18.4. The Bertz CT molecular complexity index is 389. The van der Waals surface area contributed by atoms with Crippen molar-refractivity contribution in [3.8, 4) is 0 Å². The van der Waals surface area contributed by atoms with Gasteiger partial charge in [-0.15, -0.1) is 0 Å². The van der Waals surface area contributed by atoms with Crippen molar-refractivity contribution >= 4 is 0 Å². The molecule has 2 rings (SSSR count). The van der Waals surface area contributed by atoms with E-state index in [0.717, 1.165) is 0 Å². The second-order valence-corrected chi connectivity index (χ2v) is 3.60. The number of aromatic amines is 1. The van der Waals surface area contributed by atoms with E-state index in [0.29, 0.717) is 12.0 Å². The van der Waals surface area contributed by atoms with E-state index in [2.05, 4.69) is 4.98 Å². The van der Waals surface area contributed by atoms with Crippen LogP contribution in [-0.4, -0.2) is 34.0 Å². The Hall–Kier alpha value is -1.17. The molecule has 1 aromatic rings. The molecule has 3 atom stereocenters. The van der Waals surface area contributed by atoms with Gasteiger partial charge in [-0.2, -0.15) is 0 Å². The van der Waals surface area contributed by atoms with Crippen LogP contribution >= 0.6 is 0 Å². The Labute approximate surface area is 86.3 Å². The van der Waals surface area contributed by atoms with Gasteiger partial charge in [0.25, 0.3) is 5.56 Å². The molecule has 1 aromatic heterocycles. The van der Waals surface area contributed by atoms with E-state index >= 15 is 0 Å². The molecule has 5 nitrogen and oxygen atoms in total. The average molecular weight is 211 g/mol. The summed E-state index contributed by atoms with van der Waals surface area (Å²) in [5.41, 5.74) is 0.279. The van der Waals surface area contributed by atoms with Crippen molar-refractivity contribution in [2.45, 2.75) is 24.7 Å². The number of hydrogen-bond acceptors (Lipinski definition) is 4. The molecule has 2 heterocycles. The van der Waals surface area contributed by atoms with Crippen LogP contribution in [0.2, 0.25) is 0 Å². The van der Waals surface area contributed by atoms with Crippen LogP contribution in [0.1, 0.15) is 18.1 Å². The van der Waals surface area contributed by atoms with Crippen LogP contribution in [0.4, 0.5) is 0 Å². The van der Waals surface area contributed by atoms with E-state index in [1.54, 1.807) is 18.3 Å². The quantitative estimate of drug-likeness (QED) is 0.619. The minimum absolute atomic E-state index is 0.215. The highest BCUT2D eigenvalue weighted by atomic mass is 16.5. The van der Waals surface area contributed by atoms with Crippen molar-refractivity contribution in [2.75, 3.05) is 6.61 Å². The summed E-state index contributed by atoms with van der Waals surface area (Å²) in [6.07, 6.45) is 0.162. The summed E-state index contributed by atoms with van der Waals surface area (Å²) in [6.45, 7) is -0.234. The molecule has 0 spiro atoms. The summed E-state index contributed by atoms with van der Waals surface area (Å²) in [7, 11) is 0. The van der Waals surface area contributed by atoms with Crippen molar-refractivity contribution in [3.05, 3.63) is 34.2 Å². The van der Waals surface area contributed by atoms with Crippen LogP contribution in [0.15, 0.2) is 23.1 Å². The molecule has 0 saturated carbocycles. The third kappa shape index (κ3) is 1.94. The number of nitrogens with one attached hydrogen (secondary N) is 1. The lowest BCUT2D eigenvalue weighted by atomic mass is 10.1. The van der Waals surface area contributed by atoms with Crippen LogP contribution < -0.4 is 5.56 Å². The van der Waals surface area contributed by atoms with Crippen LogP contribution in [0, 0.1) is 0 Å². The molecule has 0 aromatic carbocycles. The summed E-state index contributed by atoms with van der Waals surface area (Å²) in [5.74, 6) is 0. The third-order valence-electron chi connectivity index (χ3n) is 2.60. The Morgan fingerprint density at radius 1 is 1.60 bits per heavy atom. The summed E-state index contributed by atoms with van der Waals surface area (Å²) in [6, 6.07) is 3.37. The van der Waals surface area contributed by atoms with Crippen molar-refractivity contribution in [1.82, 2.24) is 4.98 Å². The molecule has 0 bridgehead atoms. The predicted molar refractivity (Wildman–Crippen MR) is 52.4 cm³/mol. The van der Waals surface area contributed by atoms with E-state index < -0.39 is 18.3 Å². The third-order valence-corrected chi connectivity index (χ3v) is 2.60. The van der Waals surface area contributed by atoms with E-state index in [-0.39, 0.29) is 12.2 Å². The molecule has 0 unspecified atom stereocenters. The first-order valence-corrected chi connectivity index (χ1v) is 4.84. The van der Waals surface area contributed by atoms with Crippen LogP contribution in [0.5, 0.6) is 0 Å². The first-order chi connectivity index (χ1) is 7.22. The van der Waals surface area contributed by atoms with Gasteiger partial charge in [0.05, 0.1) is 18.8 Å². The van der Waals surface area contributed by atoms with Gasteiger partial charge in [0.15, 0.2) is 0 Å². The van der Waals surface area contributed by atoms with E-state index in [1.165, 1.54) is 0 Å². The highest BCUT2D eigenvalue weighted by Crippen LogP contribution is 2.30. The highest BCUT2D eigenvalue weighted by Gasteiger charge is 2.35. The Kier molecular flexibility index (Phi) is 2.86. The summed E-state index contributed by atoms with van der Waals surface area (Å²) >= 11 is 0. The lowest BCUT2D eigenvalue weighted by Gasteiger charge is -2.11. The summed E-state index contributed by atoms with van der Waals surface area (Å²) in [4.78, 5) is 14.0. The Morgan fingerprint density at radius 3 is 3.00 bits per heavy atom. The monoisotopic (exact) mass is 211 g/mol. The van der Waals surface area contributed by atoms with Crippen molar-refractivity contribution in [1.29, 1.82) is 0 Å². The molecule has 1 aliphatic rings. The number of aromatic nitrogens is 1. The van der Waals surface area contributed by atoms with Crippen molar-refractivity contribution < 1.29 is 14.9 Å². The smallest absolute Gasteiger partial charge is 0.253 e. The fraction of sp³-hybridized carbons (Fsp3) is 0.500. The number of hydrogen-bond donors (Lipinski definition) is 3. The number of rotatable bonds is 2. The number of pyridine rings is 1. The highest BCUT2D eigenvalue weighted by molar-refractivity contribution is 5.14. The predicted octanol–water partition coefficient (Wildman–Crippen LogP) is -0.442. The second-order valence-electron chi connectivity index (χ2n) is 3.60. The molecule has 0 amide bonds. The fourth-order valence-corrected chi connectivity index (χ4v) is 1.78. The first kappa shape index (κ1) is 10.4. The zero-order valence-electron chi connectivity index (χ0n) is 8.09. The van der Waals surface area contributed by atoms with Crippen molar-refractivity contribution in [2.24, 2.45) is 0 Å². The van der Waals surface area contributed by atoms with Gasteiger partial charge in [0.2, 0.25) is 0 Å². The molecule has 5 heteroatoms. The number of aliphatic hydroxyl groups excluding tert-OH is 2. The number of aliphatic hydroxyl groups is 2. The van der Waals surface area contributed by atoms with Gasteiger partial charge in [-0.1, -0.05) is 0 Å². The zero-order valence-corrected chi connectivity index (χ0v) is 8.09. The van der Waals surface area contributed by atoms with Crippen LogP contribution in [-0.2, 0) is 4.74 Å². The van der Waals surface area contributed by atoms with Crippen LogP contribution in [0.25, 0.3) is 0 Å². The van der Waals surface area contributed by atoms with Gasteiger partial charge >= 0.3 is 0 Å². The Morgan fingerprint density at radius 2 is 2.40 bits per heavy atom. The number of ether oxygens (including phenoxy) is 1. The molecular formula is C10H13NO4. The maximum Gasteiger partial charge on any atom is 0.253 e. The van der Waals surface area contributed by atoms with Gasteiger partial charge in [-0.3, -0.25) is 4.79 Å². The topological polar surface area (TPSA) is 82.6 Å². The normalized spacial score (nSPS) is 30.7. The average Bonchev–Trinajstić information content (AvgIpc) is 2.60. The lowest BCUT2D eigenvalue weighted by molar-refractivity contribution is -0.0228. The first-order valence-electron chi connectivity index (χ1n) is 4.84. The molecular weight excluding hydrogens is 198 g/mol. The second kappa shape index (κ2) is 4.14. The fourth-order valence-electron chi connectivity index (χ4n) is 1.78. The molecule has 15 heavy (non-hydrogen) atoms. The minimum Gasteiger partial charge on any atom is -0.394 e. The Balaban J connectivity index is 2.21. The van der Waals surface area contributed by atoms with Crippen LogP contribution in [0.3, 0.4) is 0 Å². The molecule has 1 fully saturated rings. The van der Waals surface area contributed by atoms with E-state index in [4.69, 9.17) is 9.84 Å². The maximum atomic E-state index is 11.4. The van der Waals surface area contributed by atoms with Crippen molar-refractivity contribution in [3.63, 3.8) is 0 Å². The summed E-state index contributed by atoms with van der Waals surface area (Å²) < 4.78 is 5.37. The molecule has 0 radical (unpaired) electrons. The van der Waals surface area contributed by atoms with Gasteiger partial charge in [0.1, 0.15) is 6.10 Å². The zero-order chi connectivity index (χ0) is 10.8. The van der Waals surface area contributed by atoms with Gasteiger partial charge < -0.3 is 19.9 Å². The maximum absolute atomic E-state index is 11.4. The molecule has 1 aliphatic heterocycles. The van der Waals surface area contributed by atoms with Gasteiger partial charge in [-0.25, -0.2) is 0 Å². The molecule has 0 aliphatic carbocycles. The molecule has 82 valence electrons. The SMILES string of the molecule is O=c1[nH]cccc1[C@H]1C[C@H](O)[C@@H](CO)O1. The number of H-pyrrole nitrogens is 1. The van der Waals surface area contributed by atoms with E-state index in [9.17, 15) is 9.90 Å². The van der Waals surface area contributed by atoms with Gasteiger partial charge in [-0.05, 0) is 12.1 Å².